The quantitative estimate of drug-likeness (QED) is 0.472. The molecule has 0 bridgehead atoms. The topological polar surface area (TPSA) is 64.9 Å². The lowest BCUT2D eigenvalue weighted by Crippen LogP contribution is -2.39. The van der Waals surface area contributed by atoms with E-state index in [1.54, 1.807) is 0 Å². The number of benzene rings is 2. The number of amides is 1. The molecule has 5 nitrogen and oxygen atoms in total. The number of nitrogens with zero attached hydrogens (tertiary/aromatic N) is 2. The first-order valence-corrected chi connectivity index (χ1v) is 10.4. The van der Waals surface area contributed by atoms with Crippen molar-refractivity contribution in [3.63, 3.8) is 0 Å². The summed E-state index contributed by atoms with van der Waals surface area (Å²) in [5.41, 5.74) is 4.16. The molecule has 8 heteroatoms. The average molecular weight is 485 g/mol. The lowest BCUT2D eigenvalue weighted by Gasteiger charge is -2.30. The van der Waals surface area contributed by atoms with Crippen LogP contribution in [0.15, 0.2) is 46.0 Å². The standard InChI is InChI=1S/C20H20BrCl2N3O2/c21-16-3-1-13(2-4-16)12-26-7-5-14(6-8-26)20(28)25-24-11-15-9-17(22)10-18(23)19(15)27/h1-4,9-11,14,27H,5-8,12H2,(H,25,28)/b24-11+. The lowest BCUT2D eigenvalue weighted by atomic mass is 9.96. The Kier molecular flexibility index (Phi) is 7.35. The van der Waals surface area contributed by atoms with Crippen LogP contribution in [0.1, 0.15) is 24.0 Å². The van der Waals surface area contributed by atoms with Crippen molar-refractivity contribution in [2.45, 2.75) is 19.4 Å². The van der Waals surface area contributed by atoms with Gasteiger partial charge in [0.25, 0.3) is 0 Å². The van der Waals surface area contributed by atoms with E-state index in [2.05, 4.69) is 43.5 Å². The van der Waals surface area contributed by atoms with E-state index < -0.39 is 0 Å². The second-order valence-corrected chi connectivity index (χ2v) is 8.50. The Hall–Kier alpha value is -1.60. The summed E-state index contributed by atoms with van der Waals surface area (Å²) in [5, 5.41) is 14.4. The molecule has 1 amide bonds. The molecule has 1 aliphatic heterocycles. The van der Waals surface area contributed by atoms with Crippen LogP contribution in [0.5, 0.6) is 5.75 Å². The van der Waals surface area contributed by atoms with Crippen LogP contribution >= 0.6 is 39.1 Å². The Morgan fingerprint density at radius 2 is 1.93 bits per heavy atom. The highest BCUT2D eigenvalue weighted by atomic mass is 79.9. The van der Waals surface area contributed by atoms with Gasteiger partial charge in [0.1, 0.15) is 5.75 Å². The van der Waals surface area contributed by atoms with Gasteiger partial charge in [-0.15, -0.1) is 0 Å². The van der Waals surface area contributed by atoms with E-state index in [-0.39, 0.29) is 22.6 Å². The zero-order valence-electron chi connectivity index (χ0n) is 15.0. The van der Waals surface area contributed by atoms with Gasteiger partial charge in [-0.3, -0.25) is 9.69 Å². The molecular formula is C20H20BrCl2N3O2. The first kappa shape index (κ1) is 21.1. The number of carbonyl (C=O) groups excluding carboxylic acids is 1. The van der Waals surface area contributed by atoms with Gasteiger partial charge in [0.2, 0.25) is 5.91 Å². The van der Waals surface area contributed by atoms with Crippen LogP contribution in [-0.4, -0.2) is 35.2 Å². The zero-order valence-corrected chi connectivity index (χ0v) is 18.1. The van der Waals surface area contributed by atoms with E-state index in [9.17, 15) is 9.90 Å². The maximum atomic E-state index is 12.3. The van der Waals surface area contributed by atoms with E-state index in [0.717, 1.165) is 36.9 Å². The van der Waals surface area contributed by atoms with Crippen LogP contribution in [0, 0.1) is 5.92 Å². The molecule has 0 spiro atoms. The third-order valence-corrected chi connectivity index (χ3v) is 5.75. The third kappa shape index (κ3) is 5.70. The van der Waals surface area contributed by atoms with Crippen molar-refractivity contribution in [2.24, 2.45) is 11.0 Å². The summed E-state index contributed by atoms with van der Waals surface area (Å²) < 4.78 is 1.07. The van der Waals surface area contributed by atoms with E-state index >= 15 is 0 Å². The van der Waals surface area contributed by atoms with Crippen LogP contribution in [0.3, 0.4) is 0 Å². The minimum Gasteiger partial charge on any atom is -0.506 e. The molecule has 1 fully saturated rings. The highest BCUT2D eigenvalue weighted by molar-refractivity contribution is 9.10. The van der Waals surface area contributed by atoms with E-state index in [1.807, 2.05) is 12.1 Å². The summed E-state index contributed by atoms with van der Waals surface area (Å²) in [5.74, 6) is -0.313. The third-order valence-electron chi connectivity index (χ3n) is 4.71. The van der Waals surface area contributed by atoms with Gasteiger partial charge in [-0.25, -0.2) is 5.43 Å². The molecule has 0 radical (unpaired) electrons. The Morgan fingerprint density at radius 1 is 1.25 bits per heavy atom. The Balaban J connectivity index is 1.48. The minimum absolute atomic E-state index is 0.0742. The van der Waals surface area contributed by atoms with Crippen LogP contribution in [0.4, 0.5) is 0 Å². The molecule has 0 saturated carbocycles. The maximum absolute atomic E-state index is 12.3. The molecule has 1 heterocycles. The molecule has 1 saturated heterocycles. The van der Waals surface area contributed by atoms with Crippen LogP contribution in [0.2, 0.25) is 10.0 Å². The molecule has 0 atom stereocenters. The summed E-state index contributed by atoms with van der Waals surface area (Å²) in [6.45, 7) is 2.61. The van der Waals surface area contributed by atoms with Gasteiger partial charge in [0, 0.05) is 27.5 Å². The van der Waals surface area contributed by atoms with Crippen molar-refractivity contribution in [3.05, 3.63) is 62.0 Å². The van der Waals surface area contributed by atoms with Crippen molar-refractivity contribution in [3.8, 4) is 5.75 Å². The average Bonchev–Trinajstić information content (AvgIpc) is 2.68. The summed E-state index contributed by atoms with van der Waals surface area (Å²) >= 11 is 15.2. The normalized spacial score (nSPS) is 15.8. The number of halogens is 3. The SMILES string of the molecule is O=C(N/N=C/c1cc(Cl)cc(Cl)c1O)C1CCN(Cc2ccc(Br)cc2)CC1. The molecule has 3 rings (SSSR count). The molecule has 2 aromatic carbocycles. The van der Waals surface area contributed by atoms with Crippen molar-refractivity contribution in [2.75, 3.05) is 13.1 Å². The summed E-state index contributed by atoms with van der Waals surface area (Å²) in [6, 6.07) is 11.3. The van der Waals surface area contributed by atoms with Crippen LogP contribution in [0.25, 0.3) is 0 Å². The summed E-state index contributed by atoms with van der Waals surface area (Å²) in [6.07, 6.45) is 2.91. The predicted octanol–water partition coefficient (Wildman–Crippen LogP) is 4.82. The van der Waals surface area contributed by atoms with Crippen molar-refractivity contribution >= 4 is 51.3 Å². The lowest BCUT2D eigenvalue weighted by molar-refractivity contribution is -0.126. The van der Waals surface area contributed by atoms with E-state index in [0.29, 0.717) is 10.6 Å². The van der Waals surface area contributed by atoms with Gasteiger partial charge in [0.15, 0.2) is 0 Å². The number of hydrazone groups is 1. The first-order chi connectivity index (χ1) is 13.4. The highest BCUT2D eigenvalue weighted by Crippen LogP contribution is 2.30. The van der Waals surface area contributed by atoms with E-state index in [4.69, 9.17) is 23.2 Å². The number of phenolic OH excluding ortho intramolecular Hbond substituents is 1. The number of phenols is 1. The molecule has 1 aliphatic rings. The largest absolute Gasteiger partial charge is 0.506 e. The smallest absolute Gasteiger partial charge is 0.243 e. The maximum Gasteiger partial charge on any atom is 0.243 e. The Morgan fingerprint density at radius 3 is 2.61 bits per heavy atom. The van der Waals surface area contributed by atoms with E-state index in [1.165, 1.54) is 23.9 Å². The molecule has 0 unspecified atom stereocenters. The number of aromatic hydroxyl groups is 1. The molecule has 148 valence electrons. The predicted molar refractivity (Wildman–Crippen MR) is 116 cm³/mol. The molecular weight excluding hydrogens is 465 g/mol. The molecule has 0 aromatic heterocycles. The summed E-state index contributed by atoms with van der Waals surface area (Å²) in [7, 11) is 0. The molecule has 0 aliphatic carbocycles. The van der Waals surface area contributed by atoms with Gasteiger partial charge in [0.05, 0.1) is 11.2 Å². The number of hydrogen-bond acceptors (Lipinski definition) is 4. The number of carbonyl (C=O) groups is 1. The number of hydrogen-bond donors (Lipinski definition) is 2. The monoisotopic (exact) mass is 483 g/mol. The second kappa shape index (κ2) is 9.74. The number of piperidine rings is 1. The van der Waals surface area contributed by atoms with Crippen molar-refractivity contribution in [1.82, 2.24) is 10.3 Å². The van der Waals surface area contributed by atoms with Gasteiger partial charge in [-0.2, -0.15) is 5.10 Å². The fraction of sp³-hybridized carbons (Fsp3) is 0.300. The van der Waals surface area contributed by atoms with Crippen molar-refractivity contribution in [1.29, 1.82) is 0 Å². The highest BCUT2D eigenvalue weighted by Gasteiger charge is 2.24. The Bertz CT molecular complexity index is 866. The number of rotatable bonds is 5. The van der Waals surface area contributed by atoms with Gasteiger partial charge >= 0.3 is 0 Å². The Labute approximate surface area is 182 Å². The van der Waals surface area contributed by atoms with Crippen LogP contribution < -0.4 is 5.43 Å². The van der Waals surface area contributed by atoms with Gasteiger partial charge in [-0.1, -0.05) is 51.3 Å². The fourth-order valence-corrected chi connectivity index (χ4v) is 3.92. The first-order valence-electron chi connectivity index (χ1n) is 8.90. The molecule has 28 heavy (non-hydrogen) atoms. The van der Waals surface area contributed by atoms with Gasteiger partial charge < -0.3 is 5.11 Å². The van der Waals surface area contributed by atoms with Gasteiger partial charge in [-0.05, 0) is 55.8 Å². The van der Waals surface area contributed by atoms with Crippen LogP contribution in [-0.2, 0) is 11.3 Å². The van der Waals surface area contributed by atoms with Crippen molar-refractivity contribution < 1.29 is 9.90 Å². The molecule has 2 N–H and O–H groups in total. The fourth-order valence-electron chi connectivity index (χ4n) is 3.14. The molecule has 2 aromatic rings. The second-order valence-electron chi connectivity index (χ2n) is 6.74. The zero-order chi connectivity index (χ0) is 20.1. The minimum atomic E-state index is -0.120. The number of likely N-dealkylation sites (tertiary alicyclic amines) is 1. The number of nitrogens with one attached hydrogen (secondary N) is 1. The summed E-state index contributed by atoms with van der Waals surface area (Å²) in [4.78, 5) is 14.7.